The number of primary amides is 1. The summed E-state index contributed by atoms with van der Waals surface area (Å²) in [5, 5.41) is 6.84. The number of nitrogens with zero attached hydrogens (tertiary/aromatic N) is 5. The summed E-state index contributed by atoms with van der Waals surface area (Å²) in [6, 6.07) is 9.43. The van der Waals surface area contributed by atoms with Crippen molar-refractivity contribution in [3.8, 4) is 5.69 Å². The zero-order valence-electron chi connectivity index (χ0n) is 14.6. The number of carbonyl (C=O) groups is 1. The summed E-state index contributed by atoms with van der Waals surface area (Å²) in [5.41, 5.74) is 5.96. The quantitative estimate of drug-likeness (QED) is 0.706. The largest absolute Gasteiger partial charge is 0.364 e. The molecular weight excluding hydrogens is 346 g/mol. The lowest BCUT2D eigenvalue weighted by molar-refractivity contribution is 0.0995. The second kappa shape index (κ2) is 7.02. The maximum atomic E-state index is 12.3. The molecule has 1 fully saturated rings. The molecule has 0 bridgehead atoms. The maximum absolute atomic E-state index is 12.3. The number of aromatic amines is 1. The molecule has 138 valence electrons. The highest BCUT2D eigenvalue weighted by atomic mass is 16.2. The van der Waals surface area contributed by atoms with Crippen LogP contribution in [0.2, 0.25) is 0 Å². The van der Waals surface area contributed by atoms with Gasteiger partial charge in [-0.15, -0.1) is 0 Å². The number of nitrogens with two attached hydrogens (primary N) is 1. The van der Waals surface area contributed by atoms with Crippen LogP contribution in [0.1, 0.15) is 35.1 Å². The van der Waals surface area contributed by atoms with Crippen LogP contribution in [0.4, 0.5) is 5.82 Å². The molecule has 3 N–H and O–H groups in total. The van der Waals surface area contributed by atoms with Crippen molar-refractivity contribution in [1.29, 1.82) is 0 Å². The molecule has 1 atom stereocenters. The summed E-state index contributed by atoms with van der Waals surface area (Å²) in [5.74, 6) is 0.718. The van der Waals surface area contributed by atoms with E-state index in [1.165, 1.54) is 6.20 Å². The average molecular weight is 365 g/mol. The fourth-order valence-electron chi connectivity index (χ4n) is 3.43. The molecule has 1 amide bonds. The molecule has 1 aromatic carbocycles. The fraction of sp³-hybridized carbons (Fsp3) is 0.278. The smallest absolute Gasteiger partial charge is 0.347 e. The van der Waals surface area contributed by atoms with E-state index in [1.54, 1.807) is 10.8 Å². The number of nitrogens with one attached hydrogen (secondary N) is 1. The van der Waals surface area contributed by atoms with Gasteiger partial charge >= 0.3 is 5.69 Å². The predicted molar refractivity (Wildman–Crippen MR) is 98.9 cm³/mol. The lowest BCUT2D eigenvalue weighted by atomic mass is 9.97. The van der Waals surface area contributed by atoms with E-state index in [-0.39, 0.29) is 17.3 Å². The van der Waals surface area contributed by atoms with Gasteiger partial charge in [-0.2, -0.15) is 5.10 Å². The van der Waals surface area contributed by atoms with Crippen LogP contribution in [0, 0.1) is 0 Å². The molecule has 3 heterocycles. The first kappa shape index (κ1) is 17.0. The molecule has 0 radical (unpaired) electrons. The molecule has 1 unspecified atom stereocenters. The molecule has 9 heteroatoms. The molecule has 0 spiro atoms. The van der Waals surface area contributed by atoms with Gasteiger partial charge in [0, 0.05) is 19.0 Å². The SMILES string of the molecule is NC(=O)c1cncc(N2CCCC(c3n[nH]c(=O)n3-c3ccccc3)C2)n1. The lowest BCUT2D eigenvalue weighted by Gasteiger charge is -2.33. The lowest BCUT2D eigenvalue weighted by Crippen LogP contribution is -2.36. The Morgan fingerprint density at radius 2 is 2.04 bits per heavy atom. The summed E-state index contributed by atoms with van der Waals surface area (Å²) >= 11 is 0. The van der Waals surface area contributed by atoms with Crippen molar-refractivity contribution in [2.24, 2.45) is 5.73 Å². The minimum absolute atomic E-state index is 0.0388. The molecule has 4 rings (SSSR count). The number of para-hydroxylation sites is 1. The summed E-state index contributed by atoms with van der Waals surface area (Å²) < 4.78 is 1.61. The van der Waals surface area contributed by atoms with E-state index < -0.39 is 5.91 Å². The van der Waals surface area contributed by atoms with Crippen LogP contribution in [-0.2, 0) is 0 Å². The van der Waals surface area contributed by atoms with Gasteiger partial charge in [0.1, 0.15) is 17.3 Å². The van der Waals surface area contributed by atoms with Gasteiger partial charge in [-0.1, -0.05) is 18.2 Å². The topological polar surface area (TPSA) is 123 Å². The van der Waals surface area contributed by atoms with E-state index in [4.69, 9.17) is 5.73 Å². The van der Waals surface area contributed by atoms with E-state index in [1.807, 2.05) is 35.2 Å². The fourth-order valence-corrected chi connectivity index (χ4v) is 3.43. The monoisotopic (exact) mass is 365 g/mol. The molecule has 1 aliphatic rings. The van der Waals surface area contributed by atoms with Gasteiger partial charge in [0.05, 0.1) is 18.1 Å². The van der Waals surface area contributed by atoms with Gasteiger partial charge in [-0.25, -0.2) is 19.4 Å². The van der Waals surface area contributed by atoms with E-state index in [2.05, 4.69) is 20.2 Å². The number of anilines is 1. The highest BCUT2D eigenvalue weighted by molar-refractivity contribution is 5.90. The standard InChI is InChI=1S/C18H19N7O2/c19-16(26)14-9-20-10-15(21-14)24-8-4-5-12(11-24)17-22-23-18(27)25(17)13-6-2-1-3-7-13/h1-3,6-7,9-10,12H,4-5,8,11H2,(H2,19,26)(H,23,27). The van der Waals surface area contributed by atoms with Gasteiger partial charge in [-0.05, 0) is 25.0 Å². The Bertz CT molecular complexity index is 1010. The number of amides is 1. The molecule has 1 saturated heterocycles. The maximum Gasteiger partial charge on any atom is 0.347 e. The first-order valence-corrected chi connectivity index (χ1v) is 8.73. The van der Waals surface area contributed by atoms with E-state index in [9.17, 15) is 9.59 Å². The molecule has 1 aliphatic heterocycles. The first-order valence-electron chi connectivity index (χ1n) is 8.73. The molecule has 0 aliphatic carbocycles. The van der Waals surface area contributed by atoms with Crippen LogP contribution < -0.4 is 16.3 Å². The minimum Gasteiger partial charge on any atom is -0.364 e. The van der Waals surface area contributed by atoms with Gasteiger partial charge in [-0.3, -0.25) is 9.78 Å². The highest BCUT2D eigenvalue weighted by Crippen LogP contribution is 2.28. The van der Waals surface area contributed by atoms with Crippen LogP contribution in [0.25, 0.3) is 5.69 Å². The molecular formula is C18H19N7O2. The summed E-state index contributed by atoms with van der Waals surface area (Å²) in [7, 11) is 0. The summed E-state index contributed by atoms with van der Waals surface area (Å²) in [4.78, 5) is 34.1. The number of piperidine rings is 1. The van der Waals surface area contributed by atoms with E-state index in [0.29, 0.717) is 18.2 Å². The van der Waals surface area contributed by atoms with Gasteiger partial charge in [0.2, 0.25) is 0 Å². The molecule has 2 aromatic heterocycles. The van der Waals surface area contributed by atoms with Gasteiger partial charge in [0.15, 0.2) is 0 Å². The van der Waals surface area contributed by atoms with Crippen LogP contribution in [0.3, 0.4) is 0 Å². The Hall–Kier alpha value is -3.49. The number of hydrogen-bond acceptors (Lipinski definition) is 6. The number of benzene rings is 1. The van der Waals surface area contributed by atoms with Crippen LogP contribution in [-0.4, -0.2) is 43.7 Å². The van der Waals surface area contributed by atoms with Crippen LogP contribution >= 0.6 is 0 Å². The third kappa shape index (κ3) is 3.31. The number of rotatable bonds is 4. The number of aromatic nitrogens is 5. The number of hydrogen-bond donors (Lipinski definition) is 2. The zero-order valence-corrected chi connectivity index (χ0v) is 14.6. The summed E-state index contributed by atoms with van der Waals surface area (Å²) in [6.07, 6.45) is 4.78. The third-order valence-electron chi connectivity index (χ3n) is 4.70. The second-order valence-corrected chi connectivity index (χ2v) is 6.47. The Balaban J connectivity index is 1.64. The minimum atomic E-state index is -0.608. The predicted octanol–water partition coefficient (Wildman–Crippen LogP) is 0.833. The molecule has 9 nitrogen and oxygen atoms in total. The molecule has 27 heavy (non-hydrogen) atoms. The Kier molecular flexibility index (Phi) is 4.41. The Morgan fingerprint density at radius 3 is 2.81 bits per heavy atom. The molecule has 3 aromatic rings. The zero-order chi connectivity index (χ0) is 18.8. The van der Waals surface area contributed by atoms with Crippen molar-refractivity contribution < 1.29 is 4.79 Å². The normalized spacial score (nSPS) is 17.0. The summed E-state index contributed by atoms with van der Waals surface area (Å²) in [6.45, 7) is 1.40. The first-order chi connectivity index (χ1) is 13.1. The van der Waals surface area contributed by atoms with Crippen molar-refractivity contribution in [1.82, 2.24) is 24.7 Å². The van der Waals surface area contributed by atoms with Crippen molar-refractivity contribution in [3.63, 3.8) is 0 Å². The van der Waals surface area contributed by atoms with Crippen molar-refractivity contribution in [3.05, 3.63) is 64.7 Å². The van der Waals surface area contributed by atoms with E-state index in [0.717, 1.165) is 25.1 Å². The third-order valence-corrected chi connectivity index (χ3v) is 4.70. The van der Waals surface area contributed by atoms with Gasteiger partial charge in [0.25, 0.3) is 5.91 Å². The Labute approximate surface area is 154 Å². The molecule has 0 saturated carbocycles. The average Bonchev–Trinajstić information content (AvgIpc) is 3.10. The number of H-pyrrole nitrogens is 1. The van der Waals surface area contributed by atoms with Gasteiger partial charge < -0.3 is 10.6 Å². The van der Waals surface area contributed by atoms with Crippen LogP contribution in [0.5, 0.6) is 0 Å². The Morgan fingerprint density at radius 1 is 1.22 bits per heavy atom. The van der Waals surface area contributed by atoms with E-state index >= 15 is 0 Å². The van der Waals surface area contributed by atoms with Crippen molar-refractivity contribution >= 4 is 11.7 Å². The number of carbonyl (C=O) groups excluding carboxylic acids is 1. The van der Waals surface area contributed by atoms with Crippen molar-refractivity contribution in [2.75, 3.05) is 18.0 Å². The highest BCUT2D eigenvalue weighted by Gasteiger charge is 2.27. The van der Waals surface area contributed by atoms with Crippen LogP contribution in [0.15, 0.2) is 47.5 Å². The second-order valence-electron chi connectivity index (χ2n) is 6.47. The van der Waals surface area contributed by atoms with Crippen molar-refractivity contribution in [2.45, 2.75) is 18.8 Å².